The van der Waals surface area contributed by atoms with Crippen molar-refractivity contribution >= 4 is 11.6 Å². The van der Waals surface area contributed by atoms with E-state index in [1.807, 2.05) is 55.5 Å². The quantitative estimate of drug-likeness (QED) is 0.508. The molecule has 0 saturated heterocycles. The van der Waals surface area contributed by atoms with Gasteiger partial charge in [0, 0.05) is 5.92 Å². The summed E-state index contributed by atoms with van der Waals surface area (Å²) in [5, 5.41) is 4.30. The van der Waals surface area contributed by atoms with Gasteiger partial charge in [-0.15, -0.1) is 0 Å². The molecular weight excluding hydrogens is 332 g/mol. The van der Waals surface area contributed by atoms with Crippen molar-refractivity contribution in [2.45, 2.75) is 19.3 Å². The summed E-state index contributed by atoms with van der Waals surface area (Å²) in [5.74, 6) is 0.361. The predicted molar refractivity (Wildman–Crippen MR) is 110 cm³/mol. The molecule has 3 heteroatoms. The lowest BCUT2D eigenvalue weighted by Crippen LogP contribution is -2.21. The van der Waals surface area contributed by atoms with Crippen molar-refractivity contribution in [1.82, 2.24) is 5.43 Å². The van der Waals surface area contributed by atoms with Gasteiger partial charge in [0.1, 0.15) is 0 Å². The zero-order valence-electron chi connectivity index (χ0n) is 15.3. The maximum Gasteiger partial charge on any atom is 0.243 e. The van der Waals surface area contributed by atoms with Crippen LogP contribution in [-0.4, -0.2) is 11.6 Å². The molecule has 1 saturated carbocycles. The summed E-state index contributed by atoms with van der Waals surface area (Å²) in [5.41, 5.74) is 8.13. The number of amides is 1. The summed E-state index contributed by atoms with van der Waals surface area (Å²) in [4.78, 5) is 12.3. The lowest BCUT2D eigenvalue weighted by molar-refractivity contribution is -0.122. The number of carbonyl (C=O) groups is 1. The largest absolute Gasteiger partial charge is 0.273 e. The van der Waals surface area contributed by atoms with Gasteiger partial charge in [-0.2, -0.15) is 5.10 Å². The van der Waals surface area contributed by atoms with Crippen molar-refractivity contribution in [3.63, 3.8) is 0 Å². The highest BCUT2D eigenvalue weighted by molar-refractivity contribution is 5.99. The lowest BCUT2D eigenvalue weighted by atomic mass is 10.0. The highest BCUT2D eigenvalue weighted by Crippen LogP contribution is 2.47. The van der Waals surface area contributed by atoms with Crippen LogP contribution in [-0.2, 0) is 4.79 Å². The van der Waals surface area contributed by atoms with Crippen LogP contribution in [0.2, 0.25) is 0 Å². The number of nitrogens with zero attached hydrogens (tertiary/aromatic N) is 1. The second-order valence-electron chi connectivity index (χ2n) is 6.98. The molecule has 3 aromatic carbocycles. The topological polar surface area (TPSA) is 41.5 Å². The smallest absolute Gasteiger partial charge is 0.243 e. The molecule has 2 atom stereocenters. The Labute approximate surface area is 159 Å². The van der Waals surface area contributed by atoms with Gasteiger partial charge in [-0.3, -0.25) is 4.79 Å². The second kappa shape index (κ2) is 7.58. The maximum atomic E-state index is 12.3. The van der Waals surface area contributed by atoms with Crippen LogP contribution in [0.4, 0.5) is 0 Å². The Bertz CT molecular complexity index is 947. The second-order valence-corrected chi connectivity index (χ2v) is 6.98. The van der Waals surface area contributed by atoms with Crippen LogP contribution in [0, 0.1) is 5.92 Å². The molecule has 134 valence electrons. The first kappa shape index (κ1) is 17.2. The van der Waals surface area contributed by atoms with Crippen LogP contribution in [0.15, 0.2) is 90.0 Å². The summed E-state index contributed by atoms with van der Waals surface area (Å²) < 4.78 is 0. The van der Waals surface area contributed by atoms with Crippen LogP contribution in [0.1, 0.15) is 30.4 Å². The highest BCUT2D eigenvalue weighted by atomic mass is 16.2. The molecule has 1 fully saturated rings. The van der Waals surface area contributed by atoms with E-state index in [2.05, 4.69) is 46.9 Å². The SMILES string of the molecule is CC(=NNC(=O)[C@@H]1C[C@@H]1c1ccccc1)c1ccc(-c2ccccc2)cc1. The van der Waals surface area contributed by atoms with Gasteiger partial charge >= 0.3 is 0 Å². The minimum Gasteiger partial charge on any atom is -0.273 e. The molecule has 1 aliphatic carbocycles. The summed E-state index contributed by atoms with van der Waals surface area (Å²) in [6.45, 7) is 1.92. The van der Waals surface area contributed by atoms with Crippen molar-refractivity contribution in [3.8, 4) is 11.1 Å². The van der Waals surface area contributed by atoms with Crippen LogP contribution < -0.4 is 5.43 Å². The number of hydrogen-bond donors (Lipinski definition) is 1. The Hall–Kier alpha value is -3.20. The number of carbonyl (C=O) groups excluding carboxylic acids is 1. The maximum absolute atomic E-state index is 12.3. The Morgan fingerprint density at radius 2 is 1.44 bits per heavy atom. The molecule has 0 heterocycles. The van der Waals surface area contributed by atoms with Gasteiger partial charge in [0.2, 0.25) is 5.91 Å². The molecule has 0 radical (unpaired) electrons. The van der Waals surface area contributed by atoms with E-state index in [0.29, 0.717) is 5.92 Å². The fourth-order valence-corrected chi connectivity index (χ4v) is 3.37. The fourth-order valence-electron chi connectivity index (χ4n) is 3.37. The molecular formula is C24H22N2O. The predicted octanol–water partition coefficient (Wildman–Crippen LogP) is 5.00. The van der Waals surface area contributed by atoms with Gasteiger partial charge < -0.3 is 0 Å². The van der Waals surface area contributed by atoms with Crippen molar-refractivity contribution < 1.29 is 4.79 Å². The van der Waals surface area contributed by atoms with Gasteiger partial charge in [0.05, 0.1) is 5.71 Å². The fraction of sp³-hybridized carbons (Fsp3) is 0.167. The summed E-state index contributed by atoms with van der Waals surface area (Å²) in [7, 11) is 0. The third-order valence-corrected chi connectivity index (χ3v) is 5.10. The average molecular weight is 354 g/mol. The first-order valence-electron chi connectivity index (χ1n) is 9.27. The molecule has 27 heavy (non-hydrogen) atoms. The van der Waals surface area contributed by atoms with Gasteiger partial charge in [-0.25, -0.2) is 5.43 Å². The van der Waals surface area contributed by atoms with E-state index < -0.39 is 0 Å². The van der Waals surface area contributed by atoms with Gasteiger partial charge in [-0.05, 0) is 41.5 Å². The zero-order chi connectivity index (χ0) is 18.6. The number of benzene rings is 3. The third kappa shape index (κ3) is 3.98. The van der Waals surface area contributed by atoms with E-state index in [4.69, 9.17) is 0 Å². The number of nitrogens with one attached hydrogen (secondary N) is 1. The van der Waals surface area contributed by atoms with Crippen LogP contribution >= 0.6 is 0 Å². The number of hydrazone groups is 1. The van der Waals surface area contributed by atoms with E-state index in [1.165, 1.54) is 16.7 Å². The van der Waals surface area contributed by atoms with Crippen LogP contribution in [0.3, 0.4) is 0 Å². The average Bonchev–Trinajstić information content (AvgIpc) is 3.54. The van der Waals surface area contributed by atoms with Gasteiger partial charge in [-0.1, -0.05) is 84.9 Å². The monoisotopic (exact) mass is 354 g/mol. The zero-order valence-corrected chi connectivity index (χ0v) is 15.3. The molecule has 3 nitrogen and oxygen atoms in total. The number of hydrogen-bond acceptors (Lipinski definition) is 2. The summed E-state index contributed by atoms with van der Waals surface area (Å²) in [6.07, 6.45) is 0.899. The molecule has 3 aromatic rings. The first-order chi connectivity index (χ1) is 13.2. The van der Waals surface area contributed by atoms with Crippen molar-refractivity contribution in [1.29, 1.82) is 0 Å². The normalized spacial score (nSPS) is 18.8. The van der Waals surface area contributed by atoms with E-state index in [-0.39, 0.29) is 11.8 Å². The standard InChI is InChI=1S/C24H22N2O/c1-17(18-12-14-20(15-13-18)19-8-4-2-5-9-19)25-26-24(27)23-16-22(23)21-10-6-3-7-11-21/h2-15,22-23H,16H2,1H3,(H,26,27)/t22-,23-/m1/s1. The molecule has 0 unspecified atom stereocenters. The van der Waals surface area contributed by atoms with Crippen molar-refractivity contribution in [2.24, 2.45) is 11.0 Å². The van der Waals surface area contributed by atoms with E-state index in [1.54, 1.807) is 0 Å². The molecule has 0 aromatic heterocycles. The summed E-state index contributed by atoms with van der Waals surface area (Å²) in [6, 6.07) is 28.7. The molecule has 0 spiro atoms. The molecule has 0 bridgehead atoms. The van der Waals surface area contributed by atoms with Crippen molar-refractivity contribution in [3.05, 3.63) is 96.1 Å². The Kier molecular flexibility index (Phi) is 4.84. The Balaban J connectivity index is 1.38. The van der Waals surface area contributed by atoms with Gasteiger partial charge in [0.15, 0.2) is 0 Å². The molecule has 1 amide bonds. The number of rotatable bonds is 5. The van der Waals surface area contributed by atoms with E-state index >= 15 is 0 Å². The molecule has 1 N–H and O–H groups in total. The van der Waals surface area contributed by atoms with Crippen LogP contribution in [0.25, 0.3) is 11.1 Å². The van der Waals surface area contributed by atoms with Crippen LogP contribution in [0.5, 0.6) is 0 Å². The third-order valence-electron chi connectivity index (χ3n) is 5.10. The van der Waals surface area contributed by atoms with E-state index in [0.717, 1.165) is 17.7 Å². The molecule has 4 rings (SSSR count). The van der Waals surface area contributed by atoms with Gasteiger partial charge in [0.25, 0.3) is 0 Å². The molecule has 0 aliphatic heterocycles. The molecule has 1 aliphatic rings. The lowest BCUT2D eigenvalue weighted by Gasteiger charge is -2.05. The first-order valence-corrected chi connectivity index (χ1v) is 9.27. The Morgan fingerprint density at radius 3 is 2.11 bits per heavy atom. The minimum absolute atomic E-state index is 0.00380. The van der Waals surface area contributed by atoms with Crippen molar-refractivity contribution in [2.75, 3.05) is 0 Å². The highest BCUT2D eigenvalue weighted by Gasteiger charge is 2.43. The van der Waals surface area contributed by atoms with E-state index in [9.17, 15) is 4.79 Å². The minimum atomic E-state index is 0.00380. The summed E-state index contributed by atoms with van der Waals surface area (Å²) >= 11 is 0. The Morgan fingerprint density at radius 1 is 0.852 bits per heavy atom.